The predicted molar refractivity (Wildman–Crippen MR) is 81.9 cm³/mol. The quantitative estimate of drug-likeness (QED) is 0.902. The molecular formula is C17H28N2. The van der Waals surface area contributed by atoms with E-state index in [0.29, 0.717) is 5.92 Å². The van der Waals surface area contributed by atoms with E-state index in [1.54, 1.807) is 0 Å². The Labute approximate surface area is 118 Å². The molecular weight excluding hydrogens is 232 g/mol. The Hall–Kier alpha value is -0.860. The highest BCUT2D eigenvalue weighted by atomic mass is 15.3. The van der Waals surface area contributed by atoms with Crippen LogP contribution in [0.15, 0.2) is 30.3 Å². The summed E-state index contributed by atoms with van der Waals surface area (Å²) in [6, 6.07) is 10.8. The molecule has 1 saturated heterocycles. The van der Waals surface area contributed by atoms with Gasteiger partial charge in [0.15, 0.2) is 0 Å². The second-order valence-electron chi connectivity index (χ2n) is 7.21. The van der Waals surface area contributed by atoms with Crippen LogP contribution in [0.1, 0.15) is 46.1 Å². The van der Waals surface area contributed by atoms with Gasteiger partial charge in [-0.3, -0.25) is 4.90 Å². The molecule has 106 valence electrons. The molecule has 0 aliphatic carbocycles. The normalized spacial score (nSPS) is 23.4. The van der Waals surface area contributed by atoms with Crippen molar-refractivity contribution in [1.29, 1.82) is 0 Å². The van der Waals surface area contributed by atoms with Crippen LogP contribution in [0.3, 0.4) is 0 Å². The predicted octanol–water partition coefficient (Wildman–Crippen LogP) is 3.41. The summed E-state index contributed by atoms with van der Waals surface area (Å²) in [6.07, 6.45) is 2.39. The molecule has 0 atom stereocenters. The van der Waals surface area contributed by atoms with E-state index in [0.717, 1.165) is 13.1 Å². The van der Waals surface area contributed by atoms with Crippen molar-refractivity contribution < 1.29 is 0 Å². The van der Waals surface area contributed by atoms with Gasteiger partial charge in [-0.15, -0.1) is 0 Å². The maximum absolute atomic E-state index is 5.92. The fraction of sp³-hybridized carbons (Fsp3) is 0.647. The average Bonchev–Trinajstić information content (AvgIpc) is 2.34. The molecule has 19 heavy (non-hydrogen) atoms. The van der Waals surface area contributed by atoms with E-state index < -0.39 is 0 Å². The zero-order chi connectivity index (χ0) is 14.1. The van der Waals surface area contributed by atoms with Crippen molar-refractivity contribution in [1.82, 2.24) is 4.90 Å². The van der Waals surface area contributed by atoms with Gasteiger partial charge in [0.1, 0.15) is 0 Å². The Morgan fingerprint density at radius 1 is 1.05 bits per heavy atom. The smallest absolute Gasteiger partial charge is 0.0244 e. The molecule has 1 aromatic carbocycles. The van der Waals surface area contributed by atoms with Gasteiger partial charge in [-0.05, 0) is 58.6 Å². The molecule has 0 spiro atoms. The van der Waals surface area contributed by atoms with Gasteiger partial charge in [0, 0.05) is 17.6 Å². The summed E-state index contributed by atoms with van der Waals surface area (Å²) in [5.41, 5.74) is 7.74. The van der Waals surface area contributed by atoms with Gasteiger partial charge < -0.3 is 5.73 Å². The van der Waals surface area contributed by atoms with Crippen molar-refractivity contribution in [2.45, 2.75) is 58.2 Å². The van der Waals surface area contributed by atoms with Crippen molar-refractivity contribution in [2.24, 2.45) is 11.7 Å². The third kappa shape index (κ3) is 3.18. The molecule has 1 aliphatic rings. The van der Waals surface area contributed by atoms with Gasteiger partial charge in [-0.2, -0.15) is 0 Å². The van der Waals surface area contributed by atoms with Crippen LogP contribution >= 0.6 is 0 Å². The Kier molecular flexibility index (Phi) is 4.03. The molecule has 0 saturated carbocycles. The highest BCUT2D eigenvalue weighted by molar-refractivity contribution is 5.16. The summed E-state index contributed by atoms with van der Waals surface area (Å²) in [6.45, 7) is 11.3. The molecule has 0 unspecified atom stereocenters. The van der Waals surface area contributed by atoms with E-state index in [9.17, 15) is 0 Å². The van der Waals surface area contributed by atoms with Crippen LogP contribution in [0, 0.1) is 5.92 Å². The summed E-state index contributed by atoms with van der Waals surface area (Å²) in [4.78, 5) is 2.65. The molecule has 0 bridgehead atoms. The summed E-state index contributed by atoms with van der Waals surface area (Å²) < 4.78 is 0. The minimum atomic E-state index is 0.210. The van der Waals surface area contributed by atoms with Crippen LogP contribution in [-0.2, 0) is 6.54 Å². The van der Waals surface area contributed by atoms with Crippen LogP contribution in [0.4, 0.5) is 0 Å². The first-order valence-corrected chi connectivity index (χ1v) is 7.37. The minimum absolute atomic E-state index is 0.210. The second-order valence-corrected chi connectivity index (χ2v) is 7.21. The lowest BCUT2D eigenvalue weighted by molar-refractivity contribution is -0.0563. The molecule has 0 aromatic heterocycles. The average molecular weight is 260 g/mol. The van der Waals surface area contributed by atoms with Crippen LogP contribution < -0.4 is 5.73 Å². The molecule has 2 rings (SSSR count). The Balaban J connectivity index is 2.22. The number of nitrogens with two attached hydrogens (primary N) is 1. The van der Waals surface area contributed by atoms with E-state index in [1.165, 1.54) is 18.4 Å². The molecule has 0 radical (unpaired) electrons. The van der Waals surface area contributed by atoms with Gasteiger partial charge in [-0.25, -0.2) is 0 Å². The van der Waals surface area contributed by atoms with Crippen molar-refractivity contribution in [3.05, 3.63) is 35.9 Å². The maximum Gasteiger partial charge on any atom is 0.0244 e. The van der Waals surface area contributed by atoms with Gasteiger partial charge >= 0.3 is 0 Å². The molecule has 0 amide bonds. The van der Waals surface area contributed by atoms with Crippen molar-refractivity contribution >= 4 is 0 Å². The van der Waals surface area contributed by atoms with Crippen LogP contribution in [-0.4, -0.2) is 22.5 Å². The zero-order valence-electron chi connectivity index (χ0n) is 12.8. The third-order valence-corrected chi connectivity index (χ3v) is 4.55. The lowest BCUT2D eigenvalue weighted by Crippen LogP contribution is -2.60. The van der Waals surface area contributed by atoms with E-state index in [4.69, 9.17) is 5.73 Å². The van der Waals surface area contributed by atoms with Gasteiger partial charge in [0.2, 0.25) is 0 Å². The monoisotopic (exact) mass is 260 g/mol. The fourth-order valence-electron chi connectivity index (χ4n) is 3.89. The SMILES string of the molecule is CC1(C)CC(CN)CC(C)(C)N1Cc1ccccc1. The molecule has 1 aromatic rings. The van der Waals surface area contributed by atoms with Crippen LogP contribution in [0.2, 0.25) is 0 Å². The standard InChI is InChI=1S/C17H28N2/c1-16(2)10-15(12-18)11-17(3,4)19(16)13-14-8-6-5-7-9-14/h5-9,15H,10-13,18H2,1-4H3. The third-order valence-electron chi connectivity index (χ3n) is 4.55. The Bertz CT molecular complexity index is 391. The molecule has 1 aliphatic heterocycles. The summed E-state index contributed by atoms with van der Waals surface area (Å²) in [7, 11) is 0. The topological polar surface area (TPSA) is 29.3 Å². The summed E-state index contributed by atoms with van der Waals surface area (Å²) >= 11 is 0. The number of hydrogen-bond acceptors (Lipinski definition) is 2. The first-order valence-electron chi connectivity index (χ1n) is 7.37. The van der Waals surface area contributed by atoms with Gasteiger partial charge in [0.05, 0.1) is 0 Å². The molecule has 2 nitrogen and oxygen atoms in total. The van der Waals surface area contributed by atoms with Crippen molar-refractivity contribution in [2.75, 3.05) is 6.54 Å². The maximum atomic E-state index is 5.92. The zero-order valence-corrected chi connectivity index (χ0v) is 12.8. The van der Waals surface area contributed by atoms with E-state index in [1.807, 2.05) is 0 Å². The van der Waals surface area contributed by atoms with Crippen LogP contribution in [0.5, 0.6) is 0 Å². The highest BCUT2D eigenvalue weighted by Crippen LogP contribution is 2.41. The Morgan fingerprint density at radius 2 is 1.58 bits per heavy atom. The number of hydrogen-bond donors (Lipinski definition) is 1. The van der Waals surface area contributed by atoms with Crippen molar-refractivity contribution in [3.8, 4) is 0 Å². The van der Waals surface area contributed by atoms with Gasteiger partial charge in [-0.1, -0.05) is 30.3 Å². The molecule has 1 heterocycles. The first-order chi connectivity index (χ1) is 8.85. The molecule has 2 heteroatoms. The molecule has 1 fully saturated rings. The lowest BCUT2D eigenvalue weighted by Gasteiger charge is -2.55. The molecule has 2 N–H and O–H groups in total. The number of rotatable bonds is 3. The number of likely N-dealkylation sites (tertiary alicyclic amines) is 1. The fourth-order valence-corrected chi connectivity index (χ4v) is 3.89. The number of nitrogens with zero attached hydrogens (tertiary/aromatic N) is 1. The summed E-state index contributed by atoms with van der Waals surface area (Å²) in [5, 5.41) is 0. The van der Waals surface area contributed by atoms with Crippen molar-refractivity contribution in [3.63, 3.8) is 0 Å². The minimum Gasteiger partial charge on any atom is -0.330 e. The largest absolute Gasteiger partial charge is 0.330 e. The van der Waals surface area contributed by atoms with E-state index in [2.05, 4.69) is 62.9 Å². The highest BCUT2D eigenvalue weighted by Gasteiger charge is 2.44. The van der Waals surface area contributed by atoms with Gasteiger partial charge in [0.25, 0.3) is 0 Å². The lowest BCUT2D eigenvalue weighted by atomic mass is 9.73. The van der Waals surface area contributed by atoms with Crippen LogP contribution in [0.25, 0.3) is 0 Å². The van der Waals surface area contributed by atoms with E-state index >= 15 is 0 Å². The summed E-state index contributed by atoms with van der Waals surface area (Å²) in [5.74, 6) is 0.650. The number of piperidine rings is 1. The second kappa shape index (κ2) is 5.26. The van der Waals surface area contributed by atoms with E-state index in [-0.39, 0.29) is 11.1 Å². The Morgan fingerprint density at radius 3 is 2.05 bits per heavy atom. The number of benzene rings is 1. The first kappa shape index (κ1) is 14.5.